The van der Waals surface area contributed by atoms with E-state index in [4.69, 9.17) is 4.74 Å². The molecule has 0 aliphatic carbocycles. The average Bonchev–Trinajstić information content (AvgIpc) is 2.77. The molecule has 2 aliphatic rings. The van der Waals surface area contributed by atoms with E-state index >= 15 is 0 Å². The van der Waals surface area contributed by atoms with Crippen molar-refractivity contribution in [2.45, 2.75) is 32.0 Å². The Morgan fingerprint density at radius 2 is 2.12 bits per heavy atom. The van der Waals surface area contributed by atoms with Crippen LogP contribution in [-0.4, -0.2) is 18.6 Å². The third-order valence-corrected chi connectivity index (χ3v) is 3.48. The van der Waals surface area contributed by atoms with Gasteiger partial charge in [-0.15, -0.1) is 0 Å². The second-order valence-corrected chi connectivity index (χ2v) is 5.12. The van der Waals surface area contributed by atoms with Crippen molar-refractivity contribution in [2.75, 3.05) is 11.9 Å². The minimum absolute atomic E-state index is 0.0389. The van der Waals surface area contributed by atoms with Crippen molar-refractivity contribution < 1.29 is 9.53 Å². The highest BCUT2D eigenvalue weighted by Gasteiger charge is 2.49. The molecule has 2 heterocycles. The summed E-state index contributed by atoms with van der Waals surface area (Å²) in [5.41, 5.74) is 3.30. The van der Waals surface area contributed by atoms with E-state index < -0.39 is 0 Å². The second kappa shape index (κ2) is 2.86. The van der Waals surface area contributed by atoms with Crippen LogP contribution in [-0.2, 0) is 16.0 Å². The van der Waals surface area contributed by atoms with Crippen LogP contribution < -0.4 is 4.90 Å². The Hall–Kier alpha value is -1.35. The van der Waals surface area contributed by atoms with E-state index in [2.05, 4.69) is 26.0 Å². The first-order valence-corrected chi connectivity index (χ1v) is 5.56. The third-order valence-electron chi connectivity index (χ3n) is 3.48. The number of hydrogen-bond acceptors (Lipinski definition) is 2. The summed E-state index contributed by atoms with van der Waals surface area (Å²) in [5, 5.41) is 0. The lowest BCUT2D eigenvalue weighted by atomic mass is 10.00. The van der Waals surface area contributed by atoms with Crippen molar-refractivity contribution in [1.82, 2.24) is 0 Å². The average molecular weight is 217 g/mol. The van der Waals surface area contributed by atoms with Crippen molar-refractivity contribution in [2.24, 2.45) is 0 Å². The lowest BCUT2D eigenvalue weighted by Gasteiger charge is -2.10. The summed E-state index contributed by atoms with van der Waals surface area (Å²) >= 11 is 0. The molecule has 1 aromatic rings. The van der Waals surface area contributed by atoms with Gasteiger partial charge in [0.2, 0.25) is 5.91 Å². The molecule has 2 aliphatic heterocycles. The van der Waals surface area contributed by atoms with Gasteiger partial charge in [-0.3, -0.25) is 4.79 Å². The molecular weight excluding hydrogens is 202 g/mol. The molecule has 1 atom stereocenters. The van der Waals surface area contributed by atoms with E-state index in [0.717, 1.165) is 11.3 Å². The van der Waals surface area contributed by atoms with Gasteiger partial charge in [-0.25, -0.2) is 0 Å². The Balaban J connectivity index is 1.97. The van der Waals surface area contributed by atoms with Gasteiger partial charge < -0.3 is 9.64 Å². The molecule has 1 unspecified atom stereocenters. The van der Waals surface area contributed by atoms with Gasteiger partial charge in [-0.1, -0.05) is 12.1 Å². The second-order valence-electron chi connectivity index (χ2n) is 5.12. The number of epoxide rings is 1. The first kappa shape index (κ1) is 9.85. The smallest absolute Gasteiger partial charge is 0.231 e. The molecule has 0 saturated carbocycles. The van der Waals surface area contributed by atoms with Crippen LogP contribution in [0.2, 0.25) is 0 Å². The highest BCUT2D eigenvalue weighted by Crippen LogP contribution is 2.49. The fourth-order valence-electron chi connectivity index (χ4n) is 2.39. The molecule has 0 spiro atoms. The van der Waals surface area contributed by atoms with Crippen LogP contribution in [0.3, 0.4) is 0 Å². The molecule has 0 radical (unpaired) electrons. The monoisotopic (exact) mass is 217 g/mol. The van der Waals surface area contributed by atoms with E-state index in [-0.39, 0.29) is 17.6 Å². The summed E-state index contributed by atoms with van der Waals surface area (Å²) in [7, 11) is 1.82. The molecule has 1 amide bonds. The van der Waals surface area contributed by atoms with Crippen LogP contribution in [0.1, 0.15) is 31.1 Å². The first-order chi connectivity index (χ1) is 7.49. The zero-order chi connectivity index (χ0) is 11.5. The van der Waals surface area contributed by atoms with E-state index in [9.17, 15) is 4.79 Å². The normalized spacial score (nSPS) is 25.8. The van der Waals surface area contributed by atoms with Gasteiger partial charge in [0.15, 0.2) is 0 Å². The summed E-state index contributed by atoms with van der Waals surface area (Å²) in [5.74, 6) is 0.170. The van der Waals surface area contributed by atoms with Crippen molar-refractivity contribution >= 4 is 11.6 Å². The largest absolute Gasteiger partial charge is 0.362 e. The highest BCUT2D eigenvalue weighted by molar-refractivity contribution is 6.00. The molecule has 3 heteroatoms. The van der Waals surface area contributed by atoms with Crippen LogP contribution in [0.5, 0.6) is 0 Å². The number of likely N-dealkylation sites (N-methyl/N-ethyl adjacent to an activating group) is 1. The lowest BCUT2D eigenvalue weighted by Crippen LogP contribution is -2.20. The summed E-state index contributed by atoms with van der Waals surface area (Å²) < 4.78 is 5.61. The van der Waals surface area contributed by atoms with Crippen molar-refractivity contribution in [3.63, 3.8) is 0 Å². The van der Waals surface area contributed by atoms with E-state index in [0.29, 0.717) is 6.42 Å². The SMILES string of the molecule is CN1C(=O)Cc2cc(C3OC3(C)C)ccc21. The van der Waals surface area contributed by atoms with E-state index in [1.807, 2.05) is 13.1 Å². The van der Waals surface area contributed by atoms with Gasteiger partial charge in [0, 0.05) is 12.7 Å². The molecule has 0 bridgehead atoms. The predicted octanol–water partition coefficient (Wildman–Crippen LogP) is 2.06. The zero-order valence-electron chi connectivity index (χ0n) is 9.78. The fraction of sp³-hybridized carbons (Fsp3) is 0.462. The number of carbonyl (C=O) groups excluding carboxylic acids is 1. The molecule has 1 aromatic carbocycles. The van der Waals surface area contributed by atoms with E-state index in [1.54, 1.807) is 4.90 Å². The van der Waals surface area contributed by atoms with Gasteiger partial charge in [0.25, 0.3) is 0 Å². The number of anilines is 1. The molecule has 84 valence electrons. The van der Waals surface area contributed by atoms with Crippen LogP contribution in [0, 0.1) is 0 Å². The summed E-state index contributed by atoms with van der Waals surface area (Å²) in [6.07, 6.45) is 0.714. The van der Waals surface area contributed by atoms with Crippen LogP contribution >= 0.6 is 0 Å². The third kappa shape index (κ3) is 1.28. The van der Waals surface area contributed by atoms with Crippen LogP contribution in [0.25, 0.3) is 0 Å². The Kier molecular flexibility index (Phi) is 1.76. The number of rotatable bonds is 1. The molecular formula is C13H15NO2. The standard InChI is InChI=1S/C13H15NO2/c1-13(2)12(16-13)8-4-5-10-9(6-8)7-11(15)14(10)3/h4-6,12H,7H2,1-3H3. The van der Waals surface area contributed by atoms with Crippen LogP contribution in [0.15, 0.2) is 18.2 Å². The van der Waals surface area contributed by atoms with Gasteiger partial charge in [0.1, 0.15) is 6.10 Å². The number of amides is 1. The quantitative estimate of drug-likeness (QED) is 0.674. The highest BCUT2D eigenvalue weighted by atomic mass is 16.6. The number of carbonyl (C=O) groups is 1. The number of fused-ring (bicyclic) bond motifs is 1. The number of benzene rings is 1. The van der Waals surface area contributed by atoms with Crippen molar-refractivity contribution in [1.29, 1.82) is 0 Å². The van der Waals surface area contributed by atoms with Gasteiger partial charge >= 0.3 is 0 Å². The predicted molar refractivity (Wildman–Crippen MR) is 61.5 cm³/mol. The van der Waals surface area contributed by atoms with Crippen LogP contribution in [0.4, 0.5) is 5.69 Å². The first-order valence-electron chi connectivity index (χ1n) is 5.56. The Morgan fingerprint density at radius 3 is 2.75 bits per heavy atom. The lowest BCUT2D eigenvalue weighted by molar-refractivity contribution is -0.117. The number of nitrogens with zero attached hydrogens (tertiary/aromatic N) is 1. The topological polar surface area (TPSA) is 32.8 Å². The number of hydrogen-bond donors (Lipinski definition) is 0. The molecule has 3 rings (SSSR count). The number of ether oxygens (including phenoxy) is 1. The summed E-state index contributed by atoms with van der Waals surface area (Å²) in [6.45, 7) is 4.17. The molecule has 0 N–H and O–H groups in total. The minimum Gasteiger partial charge on any atom is -0.362 e. The summed E-state index contributed by atoms with van der Waals surface area (Å²) in [4.78, 5) is 13.3. The maximum Gasteiger partial charge on any atom is 0.231 e. The van der Waals surface area contributed by atoms with Gasteiger partial charge in [-0.2, -0.15) is 0 Å². The molecule has 0 aromatic heterocycles. The maximum absolute atomic E-state index is 11.5. The van der Waals surface area contributed by atoms with Gasteiger partial charge in [-0.05, 0) is 31.0 Å². The Bertz CT molecular complexity index is 479. The fourth-order valence-corrected chi connectivity index (χ4v) is 2.39. The van der Waals surface area contributed by atoms with Gasteiger partial charge in [0.05, 0.1) is 12.0 Å². The zero-order valence-corrected chi connectivity index (χ0v) is 9.78. The van der Waals surface area contributed by atoms with E-state index in [1.165, 1.54) is 5.56 Å². The molecule has 1 fully saturated rings. The maximum atomic E-state index is 11.5. The molecule has 16 heavy (non-hydrogen) atoms. The molecule has 3 nitrogen and oxygen atoms in total. The Morgan fingerprint density at radius 1 is 1.44 bits per heavy atom. The minimum atomic E-state index is -0.0389. The van der Waals surface area contributed by atoms with Crippen molar-refractivity contribution in [3.05, 3.63) is 29.3 Å². The molecule has 1 saturated heterocycles. The summed E-state index contributed by atoms with van der Waals surface area (Å²) in [6, 6.07) is 6.19. The van der Waals surface area contributed by atoms with Crippen molar-refractivity contribution in [3.8, 4) is 0 Å². The Labute approximate surface area is 95.0 Å².